The maximum atomic E-state index is 11.9. The molecule has 0 bridgehead atoms. The Hall–Kier alpha value is -1.13. The van der Waals surface area contributed by atoms with Gasteiger partial charge in [-0.25, -0.2) is 0 Å². The van der Waals surface area contributed by atoms with Crippen molar-refractivity contribution in [3.8, 4) is 0 Å². The zero-order chi connectivity index (χ0) is 28.3. The molecule has 0 aromatic rings. The van der Waals surface area contributed by atoms with Gasteiger partial charge in [-0.05, 0) is 0 Å². The molecule has 17 heteroatoms. The Morgan fingerprint density at radius 1 is 0.658 bits per heavy atom. The monoisotopic (exact) mass is 559 g/mol. The minimum absolute atomic E-state index is 0.656. The van der Waals surface area contributed by atoms with Gasteiger partial charge in [0.1, 0.15) is 73.2 Å². The van der Waals surface area contributed by atoms with Crippen LogP contribution in [0.4, 0.5) is 0 Å². The highest BCUT2D eigenvalue weighted by Gasteiger charge is 2.54. The lowest BCUT2D eigenvalue weighted by Crippen LogP contribution is -2.69. The third-order valence-corrected chi connectivity index (χ3v) is 6.71. The van der Waals surface area contributed by atoms with Crippen LogP contribution in [0.1, 0.15) is 6.92 Å². The fourth-order valence-corrected chi connectivity index (χ4v) is 4.64. The Morgan fingerprint density at radius 2 is 1.18 bits per heavy atom. The summed E-state index contributed by atoms with van der Waals surface area (Å²) in [7, 11) is 1.21. The molecular formula is C21H37NO16. The zero-order valence-corrected chi connectivity index (χ0v) is 20.7. The number of methoxy groups -OCH3 is 1. The second-order valence-corrected chi connectivity index (χ2v) is 9.28. The molecule has 3 aliphatic rings. The standard InChI is InChI=1S/C21H37NO16/c1-6(26)22-10-13(29)17(37-21-15(31)14(30)11(27)7(3-23)35-21)9(5-25)36-19(10)38-18-12(28)8(4-24)34-20(33-2)16(18)32/h7-21,23-25,27-32H,3-5H2,1-2H3,(H,22,26)/t7-,8+,9+,10+,11+,12-,13+,14+,15-,16+,17+,18-,19-,20+,21-/m0/s1. The first kappa shape index (κ1) is 31.4. The molecule has 38 heavy (non-hydrogen) atoms. The maximum absolute atomic E-state index is 11.9. The van der Waals surface area contributed by atoms with Crippen molar-refractivity contribution >= 4 is 5.91 Å². The predicted octanol–water partition coefficient (Wildman–Crippen LogP) is -6.78. The van der Waals surface area contributed by atoms with Crippen molar-refractivity contribution in [1.29, 1.82) is 0 Å². The summed E-state index contributed by atoms with van der Waals surface area (Å²) in [4.78, 5) is 11.9. The molecule has 3 saturated heterocycles. The van der Waals surface area contributed by atoms with E-state index in [1.165, 1.54) is 7.11 Å². The Bertz CT molecular complexity index is 745. The van der Waals surface area contributed by atoms with Crippen LogP contribution in [0.5, 0.6) is 0 Å². The van der Waals surface area contributed by atoms with Crippen molar-refractivity contribution in [1.82, 2.24) is 5.32 Å². The second kappa shape index (κ2) is 13.5. The van der Waals surface area contributed by atoms with Crippen LogP contribution in [-0.2, 0) is 33.2 Å². The van der Waals surface area contributed by atoms with Gasteiger partial charge in [0.15, 0.2) is 18.9 Å². The molecule has 3 heterocycles. The molecule has 0 aromatic carbocycles. The van der Waals surface area contributed by atoms with Crippen molar-refractivity contribution in [2.45, 2.75) is 99.0 Å². The lowest BCUT2D eigenvalue weighted by Gasteiger charge is -2.49. The number of aliphatic hydroxyl groups is 9. The van der Waals surface area contributed by atoms with E-state index in [1.807, 2.05) is 0 Å². The van der Waals surface area contributed by atoms with Crippen LogP contribution >= 0.6 is 0 Å². The van der Waals surface area contributed by atoms with Crippen LogP contribution < -0.4 is 5.32 Å². The van der Waals surface area contributed by atoms with Gasteiger partial charge >= 0.3 is 0 Å². The third-order valence-electron chi connectivity index (χ3n) is 6.71. The number of hydrogen-bond acceptors (Lipinski definition) is 16. The van der Waals surface area contributed by atoms with Crippen molar-refractivity contribution in [3.63, 3.8) is 0 Å². The number of aliphatic hydroxyl groups excluding tert-OH is 9. The lowest BCUT2D eigenvalue weighted by molar-refractivity contribution is -0.366. The number of hydrogen-bond donors (Lipinski definition) is 10. The fraction of sp³-hybridized carbons (Fsp3) is 0.952. The molecular weight excluding hydrogens is 522 g/mol. The third kappa shape index (κ3) is 6.43. The summed E-state index contributed by atoms with van der Waals surface area (Å²) in [5, 5.41) is 93.9. The van der Waals surface area contributed by atoms with E-state index in [2.05, 4.69) is 5.32 Å². The Kier molecular flexibility index (Phi) is 11.1. The summed E-state index contributed by atoms with van der Waals surface area (Å²) in [6.45, 7) is -1.08. The molecule has 0 spiro atoms. The molecule has 0 saturated carbocycles. The molecule has 15 atom stereocenters. The molecule has 0 aliphatic carbocycles. The van der Waals surface area contributed by atoms with Crippen molar-refractivity contribution in [2.75, 3.05) is 26.9 Å². The van der Waals surface area contributed by atoms with Gasteiger partial charge in [-0.1, -0.05) is 0 Å². The minimum Gasteiger partial charge on any atom is -0.394 e. The largest absolute Gasteiger partial charge is 0.394 e. The highest BCUT2D eigenvalue weighted by molar-refractivity contribution is 5.73. The summed E-state index contributed by atoms with van der Waals surface area (Å²) in [5.41, 5.74) is 0. The highest BCUT2D eigenvalue weighted by atomic mass is 16.7. The molecule has 1 amide bonds. The molecule has 222 valence electrons. The summed E-state index contributed by atoms with van der Waals surface area (Å²) in [6, 6.07) is -1.44. The van der Waals surface area contributed by atoms with Crippen LogP contribution in [0.2, 0.25) is 0 Å². The van der Waals surface area contributed by atoms with Gasteiger partial charge in [-0.15, -0.1) is 0 Å². The number of rotatable bonds is 9. The average molecular weight is 560 g/mol. The van der Waals surface area contributed by atoms with Crippen LogP contribution in [-0.4, -0.2) is 171 Å². The second-order valence-electron chi connectivity index (χ2n) is 9.28. The first-order valence-corrected chi connectivity index (χ1v) is 12.0. The molecule has 10 N–H and O–H groups in total. The quantitative estimate of drug-likeness (QED) is 0.126. The van der Waals surface area contributed by atoms with E-state index >= 15 is 0 Å². The van der Waals surface area contributed by atoms with Crippen molar-refractivity contribution < 1.29 is 79.2 Å². The predicted molar refractivity (Wildman–Crippen MR) is 118 cm³/mol. The fourth-order valence-electron chi connectivity index (χ4n) is 4.64. The molecule has 3 rings (SSSR count). The molecule has 0 unspecified atom stereocenters. The maximum Gasteiger partial charge on any atom is 0.217 e. The molecule has 0 aromatic heterocycles. The summed E-state index contributed by atoms with van der Waals surface area (Å²) in [6.07, 6.45) is -21.8. The molecule has 3 aliphatic heterocycles. The first-order valence-electron chi connectivity index (χ1n) is 12.0. The first-order chi connectivity index (χ1) is 18.0. The van der Waals surface area contributed by atoms with E-state index in [9.17, 15) is 50.8 Å². The lowest BCUT2D eigenvalue weighted by atomic mass is 9.94. The number of nitrogens with one attached hydrogen (secondary N) is 1. The van der Waals surface area contributed by atoms with Crippen molar-refractivity contribution in [3.05, 3.63) is 0 Å². The Labute approximate surface area is 217 Å². The number of amides is 1. The van der Waals surface area contributed by atoms with E-state index in [-0.39, 0.29) is 0 Å². The molecule has 0 radical (unpaired) electrons. The summed E-state index contributed by atoms with van der Waals surface area (Å²) >= 11 is 0. The van der Waals surface area contributed by atoms with E-state index in [0.29, 0.717) is 0 Å². The zero-order valence-electron chi connectivity index (χ0n) is 20.7. The number of ether oxygens (including phenoxy) is 6. The van der Waals surface area contributed by atoms with E-state index in [0.717, 1.165) is 6.92 Å². The normalized spacial score (nSPS) is 48.0. The Balaban J connectivity index is 1.84. The summed E-state index contributed by atoms with van der Waals surface area (Å²) in [5.74, 6) is -0.656. The van der Waals surface area contributed by atoms with Crippen LogP contribution in [0.3, 0.4) is 0 Å². The SMILES string of the molecule is CO[C@@H]1O[C@H](CO)[C@H](O)[C@H](O[C@@H]2O[C@H](CO)[C@@H](O[C@@H]3O[C@@H](CO)[C@@H](O)[C@@H](O)[C@@H]3O)[C@H](O)[C@H]2NC(C)=O)[C@H]1O. The molecule has 3 fully saturated rings. The van der Waals surface area contributed by atoms with Gasteiger partial charge in [0.05, 0.1) is 19.8 Å². The van der Waals surface area contributed by atoms with Crippen LogP contribution in [0.25, 0.3) is 0 Å². The van der Waals surface area contributed by atoms with E-state index < -0.39 is 118 Å². The number of carbonyl (C=O) groups excluding carboxylic acids is 1. The minimum atomic E-state index is -1.83. The molecule has 17 nitrogen and oxygen atoms in total. The number of carbonyl (C=O) groups is 1. The Morgan fingerprint density at radius 3 is 1.74 bits per heavy atom. The van der Waals surface area contributed by atoms with Gasteiger partial charge < -0.3 is 79.7 Å². The van der Waals surface area contributed by atoms with Gasteiger partial charge in [-0.2, -0.15) is 0 Å². The van der Waals surface area contributed by atoms with Gasteiger partial charge in [-0.3, -0.25) is 4.79 Å². The summed E-state index contributed by atoms with van der Waals surface area (Å²) < 4.78 is 32.6. The van der Waals surface area contributed by atoms with Crippen LogP contribution in [0, 0.1) is 0 Å². The topological polar surface area (TPSA) is 267 Å². The van der Waals surface area contributed by atoms with Crippen LogP contribution in [0.15, 0.2) is 0 Å². The van der Waals surface area contributed by atoms with E-state index in [4.69, 9.17) is 28.4 Å². The van der Waals surface area contributed by atoms with Gasteiger partial charge in [0, 0.05) is 14.0 Å². The van der Waals surface area contributed by atoms with Gasteiger partial charge in [0.2, 0.25) is 5.91 Å². The van der Waals surface area contributed by atoms with Crippen molar-refractivity contribution in [2.24, 2.45) is 0 Å². The smallest absolute Gasteiger partial charge is 0.217 e. The highest BCUT2D eigenvalue weighted by Crippen LogP contribution is 2.32. The van der Waals surface area contributed by atoms with E-state index in [1.54, 1.807) is 0 Å². The average Bonchev–Trinajstić information content (AvgIpc) is 2.89. The van der Waals surface area contributed by atoms with Gasteiger partial charge in [0.25, 0.3) is 0 Å².